The first-order chi connectivity index (χ1) is 11.0. The van der Waals surface area contributed by atoms with Crippen molar-refractivity contribution in [3.8, 4) is 0 Å². The van der Waals surface area contributed by atoms with Crippen molar-refractivity contribution < 1.29 is 12.8 Å². The SMILES string of the molecule is Cc1nnc([C@@H]2CCCCCN2S(=O)(=O)c2ccccc2C)o1. The van der Waals surface area contributed by atoms with Crippen molar-refractivity contribution in [3.05, 3.63) is 41.6 Å². The van der Waals surface area contributed by atoms with Crippen molar-refractivity contribution >= 4 is 10.0 Å². The van der Waals surface area contributed by atoms with Gasteiger partial charge in [-0.15, -0.1) is 10.2 Å². The minimum absolute atomic E-state index is 0.350. The van der Waals surface area contributed by atoms with Gasteiger partial charge < -0.3 is 4.42 Å². The van der Waals surface area contributed by atoms with Gasteiger partial charge in [0.15, 0.2) is 0 Å². The molecule has 0 amide bonds. The number of sulfonamides is 1. The third kappa shape index (κ3) is 3.16. The van der Waals surface area contributed by atoms with Crippen LogP contribution < -0.4 is 0 Å². The summed E-state index contributed by atoms with van der Waals surface area (Å²) in [4.78, 5) is 0.350. The summed E-state index contributed by atoms with van der Waals surface area (Å²) in [7, 11) is -3.60. The van der Waals surface area contributed by atoms with Gasteiger partial charge in [0.2, 0.25) is 21.8 Å². The fourth-order valence-corrected chi connectivity index (χ4v) is 4.91. The number of rotatable bonds is 3. The van der Waals surface area contributed by atoms with Crippen LogP contribution in [0.5, 0.6) is 0 Å². The number of nitrogens with zero attached hydrogens (tertiary/aromatic N) is 3. The molecule has 0 N–H and O–H groups in total. The minimum Gasteiger partial charge on any atom is -0.424 e. The maximum absolute atomic E-state index is 13.2. The molecule has 1 atom stereocenters. The molecule has 3 rings (SSSR count). The van der Waals surface area contributed by atoms with Crippen LogP contribution in [0.1, 0.15) is 49.1 Å². The van der Waals surface area contributed by atoms with Gasteiger partial charge in [-0.05, 0) is 31.4 Å². The molecule has 0 aliphatic carbocycles. The molecule has 1 fully saturated rings. The molecule has 0 saturated carbocycles. The van der Waals surface area contributed by atoms with E-state index in [9.17, 15) is 8.42 Å². The molecule has 6 nitrogen and oxygen atoms in total. The molecule has 7 heteroatoms. The largest absolute Gasteiger partial charge is 0.424 e. The van der Waals surface area contributed by atoms with Gasteiger partial charge in [0, 0.05) is 13.5 Å². The summed E-state index contributed by atoms with van der Waals surface area (Å²) >= 11 is 0. The van der Waals surface area contributed by atoms with E-state index in [0.717, 1.165) is 24.8 Å². The predicted molar refractivity (Wildman–Crippen MR) is 85.3 cm³/mol. The maximum Gasteiger partial charge on any atom is 0.244 e. The lowest BCUT2D eigenvalue weighted by molar-refractivity contribution is 0.273. The fraction of sp³-hybridized carbons (Fsp3) is 0.500. The minimum atomic E-state index is -3.60. The second-order valence-electron chi connectivity index (χ2n) is 5.91. The van der Waals surface area contributed by atoms with Gasteiger partial charge in [0.05, 0.1) is 4.90 Å². The number of aromatic nitrogens is 2. The van der Waals surface area contributed by atoms with E-state index >= 15 is 0 Å². The third-order valence-electron chi connectivity index (χ3n) is 4.21. The standard InChI is InChI=1S/C16H21N3O3S/c1-12-8-5-6-10-15(12)23(20,21)19-11-7-3-4-9-14(19)16-18-17-13(2)22-16/h5-6,8,10,14H,3-4,7,9,11H2,1-2H3/t14-/m0/s1. The van der Waals surface area contributed by atoms with Crippen LogP contribution in [0.2, 0.25) is 0 Å². The monoisotopic (exact) mass is 335 g/mol. The Kier molecular flexibility index (Phi) is 4.50. The van der Waals surface area contributed by atoms with Crippen LogP contribution in [0.3, 0.4) is 0 Å². The van der Waals surface area contributed by atoms with Gasteiger partial charge in [0.25, 0.3) is 0 Å². The molecule has 0 bridgehead atoms. The molecule has 1 aliphatic rings. The van der Waals surface area contributed by atoms with E-state index in [-0.39, 0.29) is 6.04 Å². The Labute approximate surface area is 136 Å². The molecular weight excluding hydrogens is 314 g/mol. The number of benzene rings is 1. The quantitative estimate of drug-likeness (QED) is 0.862. The van der Waals surface area contributed by atoms with Gasteiger partial charge in [-0.25, -0.2) is 8.42 Å². The normalized spacial score (nSPS) is 20.3. The average Bonchev–Trinajstić information content (AvgIpc) is 2.80. The molecule has 0 spiro atoms. The Bertz CT molecular complexity index is 785. The van der Waals surface area contributed by atoms with E-state index in [2.05, 4.69) is 10.2 Å². The van der Waals surface area contributed by atoms with Crippen molar-refractivity contribution in [3.63, 3.8) is 0 Å². The second-order valence-corrected chi connectivity index (χ2v) is 7.76. The third-order valence-corrected chi connectivity index (χ3v) is 6.28. The predicted octanol–water partition coefficient (Wildman–Crippen LogP) is 2.99. The van der Waals surface area contributed by atoms with E-state index in [4.69, 9.17) is 4.42 Å². The molecule has 2 aromatic rings. The van der Waals surface area contributed by atoms with Crippen LogP contribution in [-0.4, -0.2) is 29.5 Å². The summed E-state index contributed by atoms with van der Waals surface area (Å²) in [5, 5.41) is 7.93. The summed E-state index contributed by atoms with van der Waals surface area (Å²) in [5.41, 5.74) is 0.747. The topological polar surface area (TPSA) is 76.3 Å². The molecular formula is C16H21N3O3S. The lowest BCUT2D eigenvalue weighted by Crippen LogP contribution is -2.35. The van der Waals surface area contributed by atoms with E-state index in [1.165, 1.54) is 4.31 Å². The second kappa shape index (κ2) is 6.41. The first kappa shape index (κ1) is 16.1. The highest BCUT2D eigenvalue weighted by molar-refractivity contribution is 7.89. The Hall–Kier alpha value is -1.73. The van der Waals surface area contributed by atoms with Gasteiger partial charge >= 0.3 is 0 Å². The molecule has 1 saturated heterocycles. The highest BCUT2D eigenvalue weighted by Gasteiger charge is 2.36. The van der Waals surface area contributed by atoms with Crippen LogP contribution in [-0.2, 0) is 10.0 Å². The van der Waals surface area contributed by atoms with Gasteiger partial charge in [0.1, 0.15) is 6.04 Å². The Morgan fingerprint density at radius 2 is 1.91 bits per heavy atom. The van der Waals surface area contributed by atoms with Gasteiger partial charge in [-0.2, -0.15) is 4.31 Å². The van der Waals surface area contributed by atoms with Crippen LogP contribution in [0.15, 0.2) is 33.6 Å². The molecule has 1 aromatic heterocycles. The lowest BCUT2D eigenvalue weighted by Gasteiger charge is -2.27. The van der Waals surface area contributed by atoms with E-state index in [1.807, 2.05) is 19.1 Å². The first-order valence-corrected chi connectivity index (χ1v) is 9.31. The molecule has 0 unspecified atom stereocenters. The summed E-state index contributed by atoms with van der Waals surface area (Å²) < 4.78 is 33.5. The molecule has 1 aromatic carbocycles. The van der Waals surface area contributed by atoms with Crippen molar-refractivity contribution in [2.45, 2.75) is 50.5 Å². The summed E-state index contributed by atoms with van der Waals surface area (Å²) in [5.74, 6) is 0.846. The fourth-order valence-electron chi connectivity index (χ4n) is 3.03. The van der Waals surface area contributed by atoms with Crippen molar-refractivity contribution in [1.29, 1.82) is 0 Å². The van der Waals surface area contributed by atoms with Crippen molar-refractivity contribution in [2.24, 2.45) is 0 Å². The van der Waals surface area contributed by atoms with E-state index in [0.29, 0.717) is 29.6 Å². The first-order valence-electron chi connectivity index (χ1n) is 7.87. The zero-order valence-electron chi connectivity index (χ0n) is 13.4. The zero-order valence-corrected chi connectivity index (χ0v) is 14.2. The zero-order chi connectivity index (χ0) is 16.4. The number of hydrogen-bond acceptors (Lipinski definition) is 5. The van der Waals surface area contributed by atoms with Crippen LogP contribution in [0.4, 0.5) is 0 Å². The highest BCUT2D eigenvalue weighted by Crippen LogP contribution is 2.34. The van der Waals surface area contributed by atoms with Crippen LogP contribution in [0, 0.1) is 13.8 Å². The summed E-state index contributed by atoms with van der Waals surface area (Å²) in [6.45, 7) is 4.01. The van der Waals surface area contributed by atoms with Crippen LogP contribution >= 0.6 is 0 Å². The Morgan fingerprint density at radius 3 is 2.61 bits per heavy atom. The van der Waals surface area contributed by atoms with Crippen molar-refractivity contribution in [1.82, 2.24) is 14.5 Å². The van der Waals surface area contributed by atoms with Gasteiger partial charge in [-0.1, -0.05) is 31.0 Å². The van der Waals surface area contributed by atoms with E-state index in [1.54, 1.807) is 19.1 Å². The molecule has 1 aliphatic heterocycles. The van der Waals surface area contributed by atoms with Crippen molar-refractivity contribution in [2.75, 3.05) is 6.54 Å². The van der Waals surface area contributed by atoms with E-state index < -0.39 is 10.0 Å². The average molecular weight is 335 g/mol. The maximum atomic E-state index is 13.2. The molecule has 124 valence electrons. The number of aryl methyl sites for hydroxylation is 2. The molecule has 2 heterocycles. The highest BCUT2D eigenvalue weighted by atomic mass is 32.2. The Balaban J connectivity index is 2.04. The smallest absolute Gasteiger partial charge is 0.244 e. The molecule has 23 heavy (non-hydrogen) atoms. The van der Waals surface area contributed by atoms with Gasteiger partial charge in [-0.3, -0.25) is 0 Å². The Morgan fingerprint density at radius 1 is 1.13 bits per heavy atom. The molecule has 0 radical (unpaired) electrons. The lowest BCUT2D eigenvalue weighted by atomic mass is 10.1. The van der Waals surface area contributed by atoms with Crippen LogP contribution in [0.25, 0.3) is 0 Å². The number of hydrogen-bond donors (Lipinski definition) is 0. The summed E-state index contributed by atoms with van der Waals surface area (Å²) in [6, 6.07) is 6.69. The summed E-state index contributed by atoms with van der Waals surface area (Å²) in [6.07, 6.45) is 3.50.